The number of carbonyl (C=O) groups excluding carboxylic acids is 1. The molecule has 2 aromatic rings. The molecule has 1 aromatic carbocycles. The summed E-state index contributed by atoms with van der Waals surface area (Å²) in [6.45, 7) is 5.07. The fraction of sp³-hybridized carbons (Fsp3) is 0.440. The molecule has 12 heteroatoms. The highest BCUT2D eigenvalue weighted by Crippen LogP contribution is 2.37. The first kappa shape index (κ1) is 27.2. The van der Waals surface area contributed by atoms with Gasteiger partial charge in [-0.05, 0) is 32.4 Å². The van der Waals surface area contributed by atoms with Crippen molar-refractivity contribution in [2.45, 2.75) is 44.9 Å². The number of rotatable bonds is 9. The van der Waals surface area contributed by atoms with Crippen molar-refractivity contribution >= 4 is 40.7 Å². The number of morpholine rings is 1. The molecule has 2 aliphatic heterocycles. The summed E-state index contributed by atoms with van der Waals surface area (Å²) in [6.07, 6.45) is 1.84. The van der Waals surface area contributed by atoms with Crippen LogP contribution in [0.2, 0.25) is 5.02 Å². The molecular weight excluding hydrogens is 523 g/mol. The molecule has 4 rings (SSSR count). The van der Waals surface area contributed by atoms with Crippen molar-refractivity contribution < 1.29 is 28.6 Å². The average molecular weight is 551 g/mol. The van der Waals surface area contributed by atoms with Crippen molar-refractivity contribution in [2.75, 3.05) is 26.3 Å². The van der Waals surface area contributed by atoms with Crippen molar-refractivity contribution in [3.8, 4) is 0 Å². The summed E-state index contributed by atoms with van der Waals surface area (Å²) in [6, 6.07) is 2.93. The number of nitrogens with one attached hydrogen (secondary N) is 1. The molecule has 1 saturated heterocycles. The van der Waals surface area contributed by atoms with Gasteiger partial charge in [0.05, 0.1) is 24.9 Å². The number of benzene rings is 1. The molecule has 2 N–H and O–H groups in total. The fourth-order valence-corrected chi connectivity index (χ4v) is 5.44. The van der Waals surface area contributed by atoms with E-state index in [9.17, 15) is 19.1 Å². The summed E-state index contributed by atoms with van der Waals surface area (Å²) < 4.78 is 25.1. The summed E-state index contributed by atoms with van der Waals surface area (Å²) in [4.78, 5) is 35.9. The molecule has 2 aliphatic rings. The van der Waals surface area contributed by atoms with Crippen LogP contribution in [0.1, 0.15) is 43.3 Å². The van der Waals surface area contributed by atoms with E-state index >= 15 is 0 Å². The Balaban J connectivity index is 1.79. The third-order valence-electron chi connectivity index (χ3n) is 6.30. The predicted octanol–water partition coefficient (Wildman–Crippen LogP) is 3.80. The third-order valence-corrected chi connectivity index (χ3v) is 7.41. The molecule has 0 radical (unpaired) electrons. The Hall–Kier alpha value is -2.86. The van der Waals surface area contributed by atoms with E-state index in [1.165, 1.54) is 29.5 Å². The van der Waals surface area contributed by atoms with Crippen molar-refractivity contribution in [3.05, 3.63) is 62.5 Å². The van der Waals surface area contributed by atoms with E-state index in [0.717, 1.165) is 0 Å². The Bertz CT molecular complexity index is 1210. The SMILES string of the molecule is CCOC(=O)C1=C(CN2CCO[C@@H](C)[C@@H]2CCC(=O)O)NC(c2nccs2)=NC1c1ccc(F)cc1Cl. The average Bonchev–Trinajstić information content (AvgIpc) is 3.38. The van der Waals surface area contributed by atoms with Gasteiger partial charge in [-0.1, -0.05) is 17.7 Å². The molecule has 37 heavy (non-hydrogen) atoms. The van der Waals surface area contributed by atoms with E-state index in [0.29, 0.717) is 41.7 Å². The number of hydrogen-bond donors (Lipinski definition) is 2. The minimum absolute atomic E-state index is 0.00822. The number of aromatic nitrogens is 1. The number of aliphatic carboxylic acids is 1. The molecule has 0 spiro atoms. The maximum atomic E-state index is 13.9. The Morgan fingerprint density at radius 2 is 2.22 bits per heavy atom. The summed E-state index contributed by atoms with van der Waals surface area (Å²) in [7, 11) is 0. The molecule has 0 saturated carbocycles. The zero-order chi connectivity index (χ0) is 26.5. The molecule has 3 atom stereocenters. The molecule has 9 nitrogen and oxygen atoms in total. The third kappa shape index (κ3) is 6.35. The van der Waals surface area contributed by atoms with Crippen LogP contribution in [-0.2, 0) is 19.1 Å². The van der Waals surface area contributed by atoms with Crippen LogP contribution in [0.4, 0.5) is 4.39 Å². The molecule has 0 aliphatic carbocycles. The smallest absolute Gasteiger partial charge is 0.338 e. The molecule has 0 amide bonds. The zero-order valence-corrected chi connectivity index (χ0v) is 22.0. The number of hydrogen-bond acceptors (Lipinski definition) is 9. The van der Waals surface area contributed by atoms with Crippen LogP contribution < -0.4 is 5.32 Å². The maximum absolute atomic E-state index is 13.9. The zero-order valence-electron chi connectivity index (χ0n) is 20.4. The number of halogens is 2. The van der Waals surface area contributed by atoms with Gasteiger partial charge in [0, 0.05) is 53.4 Å². The highest BCUT2D eigenvalue weighted by molar-refractivity contribution is 7.11. The fourth-order valence-electron chi connectivity index (χ4n) is 4.58. The van der Waals surface area contributed by atoms with Crippen LogP contribution >= 0.6 is 22.9 Å². The highest BCUT2D eigenvalue weighted by Gasteiger charge is 2.37. The Morgan fingerprint density at radius 1 is 1.41 bits per heavy atom. The van der Waals surface area contributed by atoms with Crippen molar-refractivity contribution in [1.82, 2.24) is 15.2 Å². The first-order valence-electron chi connectivity index (χ1n) is 12.0. The highest BCUT2D eigenvalue weighted by atomic mass is 35.5. The first-order valence-corrected chi connectivity index (χ1v) is 13.2. The predicted molar refractivity (Wildman–Crippen MR) is 137 cm³/mol. The van der Waals surface area contributed by atoms with Gasteiger partial charge in [-0.15, -0.1) is 11.3 Å². The second-order valence-corrected chi connectivity index (χ2v) is 9.97. The van der Waals surface area contributed by atoms with E-state index in [1.54, 1.807) is 13.1 Å². The minimum atomic E-state index is -0.885. The van der Waals surface area contributed by atoms with Gasteiger partial charge in [0.1, 0.15) is 11.9 Å². The van der Waals surface area contributed by atoms with Gasteiger partial charge in [-0.25, -0.2) is 14.2 Å². The molecule has 1 unspecified atom stereocenters. The number of nitrogens with zero attached hydrogens (tertiary/aromatic N) is 3. The maximum Gasteiger partial charge on any atom is 0.338 e. The van der Waals surface area contributed by atoms with Crippen molar-refractivity contribution in [3.63, 3.8) is 0 Å². The minimum Gasteiger partial charge on any atom is -0.481 e. The number of carboxylic acids is 1. The number of amidine groups is 1. The van der Waals surface area contributed by atoms with Crippen LogP contribution in [0, 0.1) is 5.82 Å². The molecule has 3 heterocycles. The lowest BCUT2D eigenvalue weighted by Gasteiger charge is -2.41. The van der Waals surface area contributed by atoms with Gasteiger partial charge in [-0.3, -0.25) is 14.7 Å². The first-order chi connectivity index (χ1) is 17.8. The van der Waals surface area contributed by atoms with Crippen LogP contribution in [0.5, 0.6) is 0 Å². The molecule has 1 aromatic heterocycles. The Morgan fingerprint density at radius 3 is 2.89 bits per heavy atom. The lowest BCUT2D eigenvalue weighted by Crippen LogP contribution is -2.52. The number of ether oxygens (including phenoxy) is 2. The molecule has 198 valence electrons. The summed E-state index contributed by atoms with van der Waals surface area (Å²) in [5, 5.41) is 15.1. The van der Waals surface area contributed by atoms with Crippen LogP contribution in [0.25, 0.3) is 0 Å². The second-order valence-electron chi connectivity index (χ2n) is 8.67. The van der Waals surface area contributed by atoms with Gasteiger partial charge in [0.15, 0.2) is 10.8 Å². The largest absolute Gasteiger partial charge is 0.481 e. The monoisotopic (exact) mass is 550 g/mol. The van der Waals surface area contributed by atoms with Crippen LogP contribution in [-0.4, -0.2) is 71.2 Å². The molecular formula is C25H28ClFN4O5S. The normalized spacial score (nSPS) is 22.4. The van der Waals surface area contributed by atoms with Crippen LogP contribution in [0.15, 0.2) is 46.0 Å². The van der Waals surface area contributed by atoms with Gasteiger partial charge in [0.2, 0.25) is 0 Å². The van der Waals surface area contributed by atoms with E-state index in [4.69, 9.17) is 26.1 Å². The summed E-state index contributed by atoms with van der Waals surface area (Å²) >= 11 is 7.81. The van der Waals surface area contributed by atoms with Gasteiger partial charge in [-0.2, -0.15) is 0 Å². The van der Waals surface area contributed by atoms with E-state index < -0.39 is 23.8 Å². The Kier molecular flexibility index (Phi) is 8.91. The standard InChI is InChI=1S/C25H28ClFN4O5S/c1-3-35-25(34)21-18(13-31-9-10-36-14(2)19(31)6-7-20(32)33)29-23(24-28-8-11-37-24)30-22(21)16-5-4-15(27)12-17(16)26/h4-5,8,11-12,14,19,22H,3,6-7,9-10,13H2,1-2H3,(H,29,30)(H,32,33)/t14-,19-,22?/m0/s1. The van der Waals surface area contributed by atoms with Crippen molar-refractivity contribution in [1.29, 1.82) is 0 Å². The second kappa shape index (κ2) is 12.1. The summed E-state index contributed by atoms with van der Waals surface area (Å²) in [5.74, 6) is -1.51. The van der Waals surface area contributed by atoms with E-state index in [1.807, 2.05) is 12.3 Å². The van der Waals surface area contributed by atoms with Gasteiger partial charge in [0.25, 0.3) is 0 Å². The number of esters is 1. The van der Waals surface area contributed by atoms with E-state index in [2.05, 4.69) is 15.2 Å². The quantitative estimate of drug-likeness (QED) is 0.453. The summed E-state index contributed by atoms with van der Waals surface area (Å²) in [5.41, 5.74) is 1.25. The Labute approximate surface area is 223 Å². The van der Waals surface area contributed by atoms with Gasteiger partial charge >= 0.3 is 11.9 Å². The van der Waals surface area contributed by atoms with Crippen molar-refractivity contribution in [2.24, 2.45) is 4.99 Å². The number of thiazole rings is 1. The molecule has 1 fully saturated rings. The van der Waals surface area contributed by atoms with E-state index in [-0.39, 0.29) is 42.3 Å². The number of carbonyl (C=O) groups is 2. The topological polar surface area (TPSA) is 113 Å². The van der Waals surface area contributed by atoms with Gasteiger partial charge < -0.3 is 19.9 Å². The molecule has 0 bridgehead atoms. The lowest BCUT2D eigenvalue weighted by molar-refractivity contribution is -0.139. The number of carboxylic acid groups (broad SMARTS) is 1. The van der Waals surface area contributed by atoms with Crippen LogP contribution in [0.3, 0.4) is 0 Å². The lowest BCUT2D eigenvalue weighted by atomic mass is 9.94. The number of aliphatic imine (C=N–C) groups is 1.